The Morgan fingerprint density at radius 2 is 2.20 bits per heavy atom. The molecule has 1 aliphatic rings. The van der Waals surface area contributed by atoms with Gasteiger partial charge in [-0.25, -0.2) is 0 Å². The van der Waals surface area contributed by atoms with Crippen molar-refractivity contribution in [2.24, 2.45) is 5.92 Å². The van der Waals surface area contributed by atoms with Gasteiger partial charge in [0.1, 0.15) is 18.5 Å². The van der Waals surface area contributed by atoms with E-state index in [4.69, 9.17) is 4.74 Å². The number of ether oxygens (including phenoxy) is 1. The van der Waals surface area contributed by atoms with Gasteiger partial charge in [0.05, 0.1) is 0 Å². The average molecular weight is 277 g/mol. The normalized spacial score (nSPS) is 22.6. The summed E-state index contributed by atoms with van der Waals surface area (Å²) in [5.74, 6) is 1.69. The van der Waals surface area contributed by atoms with Crippen molar-refractivity contribution in [1.82, 2.24) is 5.32 Å². The minimum Gasteiger partial charge on any atom is -0.491 e. The molecule has 3 atom stereocenters. The summed E-state index contributed by atoms with van der Waals surface area (Å²) in [6.07, 6.45) is 3.37. The van der Waals surface area contributed by atoms with E-state index in [2.05, 4.69) is 25.2 Å². The summed E-state index contributed by atoms with van der Waals surface area (Å²) in [4.78, 5) is 0. The first kappa shape index (κ1) is 15.3. The second-order valence-corrected chi connectivity index (χ2v) is 6.03. The molecule has 112 valence electrons. The molecule has 1 aromatic carbocycles. The van der Waals surface area contributed by atoms with Crippen molar-refractivity contribution in [2.45, 2.75) is 52.2 Å². The van der Waals surface area contributed by atoms with Crippen LogP contribution in [0.3, 0.4) is 0 Å². The number of aliphatic hydroxyl groups is 1. The van der Waals surface area contributed by atoms with Crippen molar-refractivity contribution < 1.29 is 9.84 Å². The Morgan fingerprint density at radius 1 is 1.40 bits per heavy atom. The number of nitrogens with one attached hydrogen (secondary N) is 1. The molecule has 2 rings (SSSR count). The average Bonchev–Trinajstić information content (AvgIpc) is 3.14. The highest BCUT2D eigenvalue weighted by Gasteiger charge is 2.35. The minimum atomic E-state index is -0.446. The van der Waals surface area contributed by atoms with Crippen molar-refractivity contribution in [1.29, 1.82) is 0 Å². The molecule has 1 aromatic rings. The van der Waals surface area contributed by atoms with Gasteiger partial charge in [-0.2, -0.15) is 0 Å². The summed E-state index contributed by atoms with van der Waals surface area (Å²) >= 11 is 0. The van der Waals surface area contributed by atoms with Crippen molar-refractivity contribution in [2.75, 3.05) is 13.2 Å². The smallest absolute Gasteiger partial charge is 0.122 e. The first-order chi connectivity index (χ1) is 9.60. The highest BCUT2D eigenvalue weighted by atomic mass is 16.5. The summed E-state index contributed by atoms with van der Waals surface area (Å²) in [5.41, 5.74) is 2.35. The molecular formula is C17H27NO2. The molecule has 0 spiro atoms. The van der Waals surface area contributed by atoms with Crippen LogP contribution in [0.4, 0.5) is 0 Å². The van der Waals surface area contributed by atoms with Crippen LogP contribution in [0.25, 0.3) is 0 Å². The Kier molecular flexibility index (Phi) is 5.44. The first-order valence-electron chi connectivity index (χ1n) is 7.71. The molecule has 0 saturated heterocycles. The predicted octanol–water partition coefficient (Wildman–Crippen LogP) is 2.82. The van der Waals surface area contributed by atoms with Crippen LogP contribution in [0.2, 0.25) is 0 Å². The zero-order valence-corrected chi connectivity index (χ0v) is 12.9. The fraction of sp³-hybridized carbons (Fsp3) is 0.647. The van der Waals surface area contributed by atoms with E-state index >= 15 is 0 Å². The van der Waals surface area contributed by atoms with Crippen molar-refractivity contribution >= 4 is 0 Å². The van der Waals surface area contributed by atoms with Crippen LogP contribution in [0, 0.1) is 19.8 Å². The maximum atomic E-state index is 9.96. The highest BCUT2D eigenvalue weighted by Crippen LogP contribution is 2.34. The Balaban J connectivity index is 1.66. The topological polar surface area (TPSA) is 41.5 Å². The van der Waals surface area contributed by atoms with Crippen LogP contribution in [-0.2, 0) is 0 Å². The van der Waals surface area contributed by atoms with Crippen molar-refractivity contribution in [3.8, 4) is 5.75 Å². The van der Waals surface area contributed by atoms with E-state index in [0.717, 1.165) is 17.2 Å². The molecule has 20 heavy (non-hydrogen) atoms. The number of hydrogen-bond donors (Lipinski definition) is 2. The fourth-order valence-corrected chi connectivity index (χ4v) is 2.68. The Bertz CT molecular complexity index is 433. The summed E-state index contributed by atoms with van der Waals surface area (Å²) in [6, 6.07) is 6.72. The van der Waals surface area contributed by atoms with Crippen LogP contribution in [-0.4, -0.2) is 30.4 Å². The second-order valence-electron chi connectivity index (χ2n) is 6.03. The number of hydrogen-bond acceptors (Lipinski definition) is 3. The van der Waals surface area contributed by atoms with E-state index in [0.29, 0.717) is 19.2 Å². The quantitative estimate of drug-likeness (QED) is 0.768. The van der Waals surface area contributed by atoms with Crippen LogP contribution in [0.1, 0.15) is 37.3 Å². The third-order valence-electron chi connectivity index (χ3n) is 3.96. The van der Waals surface area contributed by atoms with Gasteiger partial charge < -0.3 is 15.2 Å². The SMILES string of the molecule is CCCC1CC1NCC(O)COc1ccc(C)cc1C. The summed E-state index contributed by atoms with van der Waals surface area (Å²) in [6.45, 7) is 7.30. The molecule has 3 nitrogen and oxygen atoms in total. The van der Waals surface area contributed by atoms with Gasteiger partial charge in [0, 0.05) is 12.6 Å². The van der Waals surface area contributed by atoms with Gasteiger partial charge in [-0.05, 0) is 44.2 Å². The Morgan fingerprint density at radius 3 is 2.90 bits per heavy atom. The third kappa shape index (κ3) is 4.50. The Hall–Kier alpha value is -1.06. The van der Waals surface area contributed by atoms with Gasteiger partial charge in [0.25, 0.3) is 0 Å². The van der Waals surface area contributed by atoms with Crippen LogP contribution >= 0.6 is 0 Å². The molecule has 0 bridgehead atoms. The molecular weight excluding hydrogens is 250 g/mol. The van der Waals surface area contributed by atoms with E-state index in [1.54, 1.807) is 0 Å². The number of rotatable bonds is 8. The Labute approximate surface area is 122 Å². The van der Waals surface area contributed by atoms with Crippen LogP contribution in [0.15, 0.2) is 18.2 Å². The zero-order valence-electron chi connectivity index (χ0n) is 12.9. The first-order valence-corrected chi connectivity index (χ1v) is 7.71. The second kappa shape index (κ2) is 7.09. The number of benzene rings is 1. The van der Waals surface area contributed by atoms with Crippen molar-refractivity contribution in [3.05, 3.63) is 29.3 Å². The van der Waals surface area contributed by atoms with Gasteiger partial charge >= 0.3 is 0 Å². The summed E-state index contributed by atoms with van der Waals surface area (Å²) in [7, 11) is 0. The van der Waals surface area contributed by atoms with Gasteiger partial charge in [-0.3, -0.25) is 0 Å². The lowest BCUT2D eigenvalue weighted by atomic mass is 10.1. The molecule has 0 aromatic heterocycles. The fourth-order valence-electron chi connectivity index (χ4n) is 2.68. The molecule has 3 unspecified atom stereocenters. The molecule has 0 heterocycles. The van der Waals surface area contributed by atoms with E-state index < -0.39 is 6.10 Å². The molecule has 0 aliphatic heterocycles. The van der Waals surface area contributed by atoms with E-state index in [1.807, 2.05) is 19.1 Å². The zero-order chi connectivity index (χ0) is 14.5. The van der Waals surface area contributed by atoms with Gasteiger partial charge in [-0.1, -0.05) is 31.0 Å². The largest absolute Gasteiger partial charge is 0.491 e. The summed E-state index contributed by atoms with van der Waals surface area (Å²) < 4.78 is 5.69. The van der Waals surface area contributed by atoms with Crippen LogP contribution < -0.4 is 10.1 Å². The predicted molar refractivity (Wildman–Crippen MR) is 82.2 cm³/mol. The van der Waals surface area contributed by atoms with Gasteiger partial charge in [0.15, 0.2) is 0 Å². The van der Waals surface area contributed by atoms with Crippen molar-refractivity contribution in [3.63, 3.8) is 0 Å². The molecule has 1 fully saturated rings. The molecule has 0 amide bonds. The maximum absolute atomic E-state index is 9.96. The number of aliphatic hydroxyl groups excluding tert-OH is 1. The highest BCUT2D eigenvalue weighted by molar-refractivity contribution is 5.35. The third-order valence-corrected chi connectivity index (χ3v) is 3.96. The molecule has 0 radical (unpaired) electrons. The number of aryl methyl sites for hydroxylation is 2. The lowest BCUT2D eigenvalue weighted by Crippen LogP contribution is -2.33. The van der Waals surface area contributed by atoms with Gasteiger partial charge in [0.2, 0.25) is 0 Å². The maximum Gasteiger partial charge on any atom is 0.122 e. The monoisotopic (exact) mass is 277 g/mol. The lowest BCUT2D eigenvalue weighted by Gasteiger charge is -2.15. The molecule has 1 aliphatic carbocycles. The van der Waals surface area contributed by atoms with E-state index in [1.165, 1.54) is 24.8 Å². The molecule has 2 N–H and O–H groups in total. The molecule has 3 heteroatoms. The minimum absolute atomic E-state index is 0.349. The van der Waals surface area contributed by atoms with E-state index in [-0.39, 0.29) is 0 Å². The standard InChI is InChI=1S/C17H27NO2/c1-4-5-14-9-16(14)18-10-15(19)11-20-17-7-6-12(2)8-13(17)3/h6-8,14-16,18-19H,4-5,9-11H2,1-3H3. The van der Waals surface area contributed by atoms with Gasteiger partial charge in [-0.15, -0.1) is 0 Å². The van der Waals surface area contributed by atoms with E-state index in [9.17, 15) is 5.11 Å². The molecule has 1 saturated carbocycles. The lowest BCUT2D eigenvalue weighted by molar-refractivity contribution is 0.105. The van der Waals surface area contributed by atoms with Crippen LogP contribution in [0.5, 0.6) is 5.75 Å². The summed E-state index contributed by atoms with van der Waals surface area (Å²) in [5, 5.41) is 13.4.